The van der Waals surface area contributed by atoms with Crippen molar-refractivity contribution < 1.29 is 13.2 Å². The average Bonchev–Trinajstić information content (AvgIpc) is 3.04. The van der Waals surface area contributed by atoms with Gasteiger partial charge in [0.15, 0.2) is 15.9 Å². The predicted octanol–water partition coefficient (Wildman–Crippen LogP) is 5.41. The topological polar surface area (TPSA) is 55.6 Å². The Balaban J connectivity index is 1.88. The van der Waals surface area contributed by atoms with Crippen LogP contribution in [0.5, 0.6) is 0 Å². The molecule has 3 aromatic rings. The summed E-state index contributed by atoms with van der Waals surface area (Å²) in [6.07, 6.45) is -3.41. The predicted molar refractivity (Wildman–Crippen MR) is 112 cm³/mol. The van der Waals surface area contributed by atoms with E-state index in [-0.39, 0.29) is 24.3 Å². The Kier molecular flexibility index (Phi) is 5.34. The Morgan fingerprint density at radius 2 is 1.80 bits per heavy atom. The number of rotatable bonds is 3. The first kappa shape index (κ1) is 20.8. The van der Waals surface area contributed by atoms with Crippen molar-refractivity contribution in [3.8, 4) is 5.69 Å². The lowest BCUT2D eigenvalue weighted by Crippen LogP contribution is -2.31. The van der Waals surface area contributed by atoms with E-state index in [2.05, 4.69) is 4.98 Å². The zero-order valence-corrected chi connectivity index (χ0v) is 17.6. The van der Waals surface area contributed by atoms with E-state index in [1.54, 1.807) is 4.57 Å². The van der Waals surface area contributed by atoms with Crippen LogP contribution in [-0.2, 0) is 6.54 Å². The third-order valence-corrected chi connectivity index (χ3v) is 6.31. The third-order valence-electron chi connectivity index (χ3n) is 5.99. The Morgan fingerprint density at radius 3 is 2.37 bits per heavy atom. The van der Waals surface area contributed by atoms with Crippen molar-refractivity contribution in [2.75, 3.05) is 0 Å². The van der Waals surface area contributed by atoms with Gasteiger partial charge in [-0.15, -0.1) is 0 Å². The molecule has 1 aromatic carbocycles. The maximum absolute atomic E-state index is 13.4. The lowest BCUT2D eigenvalue weighted by molar-refractivity contribution is -0.182. The number of nitrogens with one attached hydrogen (secondary N) is 1. The first-order chi connectivity index (χ1) is 14.2. The van der Waals surface area contributed by atoms with Crippen LogP contribution >= 0.6 is 12.2 Å². The average molecular weight is 437 g/mol. The normalized spacial score (nSPS) is 20.0. The number of aromatic nitrogens is 4. The van der Waals surface area contributed by atoms with Gasteiger partial charge in [-0.25, -0.2) is 4.98 Å². The molecule has 4 rings (SSSR count). The minimum atomic E-state index is -4.18. The fraction of sp³-hybridized carbons (Fsp3) is 0.476. The molecule has 2 heterocycles. The van der Waals surface area contributed by atoms with E-state index in [9.17, 15) is 18.0 Å². The highest BCUT2D eigenvalue weighted by atomic mass is 32.1. The summed E-state index contributed by atoms with van der Waals surface area (Å²) >= 11 is 5.34. The van der Waals surface area contributed by atoms with Crippen molar-refractivity contribution in [1.82, 2.24) is 19.1 Å². The fourth-order valence-corrected chi connectivity index (χ4v) is 4.61. The van der Waals surface area contributed by atoms with E-state index in [0.29, 0.717) is 46.8 Å². The van der Waals surface area contributed by atoms with Gasteiger partial charge in [-0.2, -0.15) is 13.2 Å². The third kappa shape index (κ3) is 3.59. The Labute approximate surface area is 176 Å². The van der Waals surface area contributed by atoms with Crippen molar-refractivity contribution in [3.05, 3.63) is 50.8 Å². The molecule has 9 heteroatoms. The Bertz CT molecular complexity index is 1180. The van der Waals surface area contributed by atoms with E-state index in [4.69, 9.17) is 17.2 Å². The summed E-state index contributed by atoms with van der Waals surface area (Å²) in [5.74, 6) is -1.01. The number of hydrogen-bond donors (Lipinski definition) is 1. The largest absolute Gasteiger partial charge is 0.391 e. The highest BCUT2D eigenvalue weighted by molar-refractivity contribution is 7.71. The maximum atomic E-state index is 13.4. The molecule has 30 heavy (non-hydrogen) atoms. The highest BCUT2D eigenvalue weighted by Crippen LogP contribution is 2.42. The number of imidazole rings is 1. The number of benzene rings is 1. The van der Waals surface area contributed by atoms with Crippen LogP contribution in [0.2, 0.25) is 0 Å². The van der Waals surface area contributed by atoms with E-state index >= 15 is 0 Å². The molecule has 0 radical (unpaired) electrons. The van der Waals surface area contributed by atoms with E-state index in [1.807, 2.05) is 38.1 Å². The van der Waals surface area contributed by atoms with Crippen LogP contribution in [0, 0.1) is 17.6 Å². The van der Waals surface area contributed by atoms with Gasteiger partial charge >= 0.3 is 6.18 Å². The van der Waals surface area contributed by atoms with Gasteiger partial charge in [-0.05, 0) is 63.9 Å². The van der Waals surface area contributed by atoms with E-state index < -0.39 is 12.1 Å². The van der Waals surface area contributed by atoms with Crippen molar-refractivity contribution in [3.63, 3.8) is 0 Å². The fourth-order valence-electron chi connectivity index (χ4n) is 4.29. The smallest absolute Gasteiger partial charge is 0.325 e. The van der Waals surface area contributed by atoms with Crippen LogP contribution < -0.4 is 5.56 Å². The van der Waals surface area contributed by atoms with E-state index in [1.165, 1.54) is 4.57 Å². The summed E-state index contributed by atoms with van der Waals surface area (Å²) in [5.41, 5.74) is 2.19. The lowest BCUT2D eigenvalue weighted by atomic mass is 9.81. The summed E-state index contributed by atoms with van der Waals surface area (Å²) in [6, 6.07) is 7.46. The minimum absolute atomic E-state index is 0.0448. The number of aromatic amines is 1. The second-order valence-electron chi connectivity index (χ2n) is 7.91. The second-order valence-corrected chi connectivity index (χ2v) is 8.30. The molecule has 0 amide bonds. The molecule has 1 aliphatic rings. The first-order valence-corrected chi connectivity index (χ1v) is 10.5. The van der Waals surface area contributed by atoms with Crippen LogP contribution in [0.1, 0.15) is 49.9 Å². The number of fused-ring (bicyclic) bond motifs is 1. The molecular weight excluding hydrogens is 413 g/mol. The molecule has 0 spiro atoms. The minimum Gasteiger partial charge on any atom is -0.325 e. The van der Waals surface area contributed by atoms with Gasteiger partial charge in [0.05, 0.1) is 11.6 Å². The molecular formula is C21H23F3N4OS. The molecule has 160 valence electrons. The van der Waals surface area contributed by atoms with Crippen molar-refractivity contribution >= 4 is 23.4 Å². The van der Waals surface area contributed by atoms with Crippen LogP contribution in [0.15, 0.2) is 29.1 Å². The quantitative estimate of drug-likeness (QED) is 0.559. The van der Waals surface area contributed by atoms with Gasteiger partial charge in [-0.1, -0.05) is 17.7 Å². The van der Waals surface area contributed by atoms with Crippen molar-refractivity contribution in [2.24, 2.45) is 5.92 Å². The van der Waals surface area contributed by atoms with Crippen LogP contribution in [-0.4, -0.2) is 25.3 Å². The van der Waals surface area contributed by atoms with Crippen LogP contribution in [0.3, 0.4) is 0 Å². The molecule has 0 bridgehead atoms. The SMILES string of the molecule is CCn1c(=S)[nH]c2c(=O)n(-c3ccc(C)cc3)c(C3CCC(C(F)(F)F)CC3)nc21. The first-order valence-electron chi connectivity index (χ1n) is 10.1. The van der Waals surface area contributed by atoms with Crippen molar-refractivity contribution in [2.45, 2.75) is 58.2 Å². The van der Waals surface area contributed by atoms with Crippen molar-refractivity contribution in [1.29, 1.82) is 0 Å². The number of hydrogen-bond acceptors (Lipinski definition) is 3. The monoisotopic (exact) mass is 436 g/mol. The summed E-state index contributed by atoms with van der Waals surface area (Å²) in [5, 5.41) is 0. The molecule has 1 aliphatic carbocycles. The standard InChI is InChI=1S/C21H23F3N4OS/c1-3-27-18-16(25-20(27)30)19(29)28(15-10-4-12(2)5-11-15)17(26-18)13-6-8-14(9-7-13)21(22,23)24/h4-5,10-11,13-14H,3,6-9H2,1-2H3,(H,25,30). The lowest BCUT2D eigenvalue weighted by Gasteiger charge is -2.30. The molecule has 5 nitrogen and oxygen atoms in total. The summed E-state index contributed by atoms with van der Waals surface area (Å²) in [6.45, 7) is 4.40. The van der Waals surface area contributed by atoms with Gasteiger partial charge in [0.1, 0.15) is 5.82 Å². The number of alkyl halides is 3. The van der Waals surface area contributed by atoms with Crippen LogP contribution in [0.25, 0.3) is 16.9 Å². The molecule has 2 aromatic heterocycles. The van der Waals surface area contributed by atoms with Gasteiger partial charge < -0.3 is 9.55 Å². The Morgan fingerprint density at radius 1 is 1.17 bits per heavy atom. The molecule has 1 saturated carbocycles. The van der Waals surface area contributed by atoms with Gasteiger partial charge in [-0.3, -0.25) is 9.36 Å². The number of nitrogens with zero attached hydrogens (tertiary/aromatic N) is 3. The van der Waals surface area contributed by atoms with E-state index in [0.717, 1.165) is 5.56 Å². The molecule has 0 aliphatic heterocycles. The van der Waals surface area contributed by atoms with Crippen LogP contribution in [0.4, 0.5) is 13.2 Å². The number of halogens is 3. The Hall–Kier alpha value is -2.42. The number of aryl methyl sites for hydroxylation is 2. The summed E-state index contributed by atoms with van der Waals surface area (Å²) in [7, 11) is 0. The number of H-pyrrole nitrogens is 1. The summed E-state index contributed by atoms with van der Waals surface area (Å²) < 4.78 is 43.1. The van der Waals surface area contributed by atoms with Gasteiger partial charge in [0, 0.05) is 12.5 Å². The zero-order chi connectivity index (χ0) is 21.6. The molecule has 0 saturated heterocycles. The van der Waals surface area contributed by atoms with Gasteiger partial charge in [0.25, 0.3) is 5.56 Å². The molecule has 0 unspecified atom stereocenters. The molecule has 0 atom stereocenters. The maximum Gasteiger partial charge on any atom is 0.391 e. The van der Waals surface area contributed by atoms with Gasteiger partial charge in [0.2, 0.25) is 0 Å². The molecule has 1 fully saturated rings. The molecule has 1 N–H and O–H groups in total. The highest BCUT2D eigenvalue weighted by Gasteiger charge is 2.42. The summed E-state index contributed by atoms with van der Waals surface area (Å²) in [4.78, 5) is 21.2. The zero-order valence-electron chi connectivity index (χ0n) is 16.8. The second kappa shape index (κ2) is 7.68.